The van der Waals surface area contributed by atoms with Crippen molar-refractivity contribution in [1.29, 1.82) is 0 Å². The molecule has 2 rings (SSSR count). The van der Waals surface area contributed by atoms with Crippen LogP contribution in [0.4, 0.5) is 5.95 Å². The molecule has 1 aliphatic rings. The zero-order valence-electron chi connectivity index (χ0n) is 8.43. The van der Waals surface area contributed by atoms with Gasteiger partial charge in [0.2, 0.25) is 5.95 Å². The fraction of sp³-hybridized carbons (Fsp3) is 0.600. The Morgan fingerprint density at radius 3 is 2.80 bits per heavy atom. The zero-order valence-corrected chi connectivity index (χ0v) is 10.0. The number of hydrogen-bond donors (Lipinski definition) is 1. The summed E-state index contributed by atoms with van der Waals surface area (Å²) < 4.78 is 0.879. The van der Waals surface area contributed by atoms with E-state index in [2.05, 4.69) is 30.8 Å². The van der Waals surface area contributed by atoms with Crippen LogP contribution in [0.2, 0.25) is 0 Å². The smallest absolute Gasteiger partial charge is 0.225 e. The molecule has 15 heavy (non-hydrogen) atoms. The summed E-state index contributed by atoms with van der Waals surface area (Å²) in [5.41, 5.74) is 0. The van der Waals surface area contributed by atoms with Gasteiger partial charge in [0.15, 0.2) is 0 Å². The highest BCUT2D eigenvalue weighted by atomic mass is 79.9. The second kappa shape index (κ2) is 4.90. The first-order valence-electron chi connectivity index (χ1n) is 5.16. The van der Waals surface area contributed by atoms with E-state index in [1.54, 1.807) is 12.4 Å². The Hall–Kier alpha value is -0.680. The van der Waals surface area contributed by atoms with Crippen LogP contribution in [0, 0.1) is 0 Å². The molecular weight excluding hydrogens is 258 g/mol. The highest BCUT2D eigenvalue weighted by Crippen LogP contribution is 2.21. The molecule has 0 amide bonds. The van der Waals surface area contributed by atoms with Crippen molar-refractivity contribution >= 4 is 21.9 Å². The third-order valence-corrected chi connectivity index (χ3v) is 3.11. The van der Waals surface area contributed by atoms with Gasteiger partial charge in [-0.15, -0.1) is 0 Å². The molecule has 0 spiro atoms. The first-order valence-corrected chi connectivity index (χ1v) is 5.95. The second-order valence-corrected chi connectivity index (χ2v) is 4.64. The molecule has 0 saturated carbocycles. The molecule has 1 saturated heterocycles. The largest absolute Gasteiger partial charge is 0.394 e. The minimum absolute atomic E-state index is 0.180. The summed E-state index contributed by atoms with van der Waals surface area (Å²) in [7, 11) is 0. The summed E-state index contributed by atoms with van der Waals surface area (Å²) in [5, 5.41) is 9.27. The molecule has 5 heteroatoms. The lowest BCUT2D eigenvalue weighted by Crippen LogP contribution is -2.42. The maximum Gasteiger partial charge on any atom is 0.225 e. The number of aliphatic hydroxyl groups is 1. The summed E-state index contributed by atoms with van der Waals surface area (Å²) in [4.78, 5) is 10.6. The average molecular weight is 272 g/mol. The fourth-order valence-corrected chi connectivity index (χ4v) is 2.11. The van der Waals surface area contributed by atoms with Crippen molar-refractivity contribution in [1.82, 2.24) is 9.97 Å². The van der Waals surface area contributed by atoms with Crippen LogP contribution < -0.4 is 4.90 Å². The van der Waals surface area contributed by atoms with Crippen molar-refractivity contribution in [3.05, 3.63) is 16.9 Å². The van der Waals surface area contributed by atoms with Crippen molar-refractivity contribution in [2.45, 2.75) is 25.3 Å². The van der Waals surface area contributed by atoms with E-state index < -0.39 is 0 Å². The molecule has 1 aliphatic heterocycles. The van der Waals surface area contributed by atoms with Crippen LogP contribution in [0.25, 0.3) is 0 Å². The van der Waals surface area contributed by atoms with Crippen molar-refractivity contribution in [3.8, 4) is 0 Å². The Morgan fingerprint density at radius 2 is 2.13 bits per heavy atom. The van der Waals surface area contributed by atoms with E-state index in [4.69, 9.17) is 0 Å². The lowest BCUT2D eigenvalue weighted by atomic mass is 10.0. The first-order chi connectivity index (χ1) is 7.31. The van der Waals surface area contributed by atoms with Crippen molar-refractivity contribution in [2.75, 3.05) is 18.1 Å². The van der Waals surface area contributed by atoms with Crippen LogP contribution in [0.3, 0.4) is 0 Å². The van der Waals surface area contributed by atoms with Gasteiger partial charge in [-0.05, 0) is 35.2 Å². The summed E-state index contributed by atoms with van der Waals surface area (Å²) in [5.74, 6) is 0.719. The minimum atomic E-state index is 0.180. The van der Waals surface area contributed by atoms with Crippen molar-refractivity contribution < 1.29 is 5.11 Å². The Bertz CT molecular complexity index is 317. The minimum Gasteiger partial charge on any atom is -0.394 e. The van der Waals surface area contributed by atoms with Gasteiger partial charge in [-0.2, -0.15) is 0 Å². The van der Waals surface area contributed by atoms with E-state index in [1.165, 1.54) is 6.42 Å². The normalized spacial score (nSPS) is 21.7. The van der Waals surface area contributed by atoms with Crippen molar-refractivity contribution in [2.24, 2.45) is 0 Å². The van der Waals surface area contributed by atoms with Gasteiger partial charge in [0.1, 0.15) is 0 Å². The van der Waals surface area contributed by atoms with Gasteiger partial charge in [-0.1, -0.05) is 0 Å². The van der Waals surface area contributed by atoms with E-state index >= 15 is 0 Å². The van der Waals surface area contributed by atoms with Gasteiger partial charge >= 0.3 is 0 Å². The van der Waals surface area contributed by atoms with Crippen LogP contribution in [-0.2, 0) is 0 Å². The number of halogens is 1. The molecule has 82 valence electrons. The molecule has 0 aliphatic carbocycles. The third kappa shape index (κ3) is 2.46. The van der Waals surface area contributed by atoms with E-state index in [0.29, 0.717) is 0 Å². The SMILES string of the molecule is OCC1CCCCN1c1ncc(Br)cn1. The predicted molar refractivity (Wildman–Crippen MR) is 61.8 cm³/mol. The highest BCUT2D eigenvalue weighted by Gasteiger charge is 2.23. The van der Waals surface area contributed by atoms with Crippen LogP contribution in [0.1, 0.15) is 19.3 Å². The number of aliphatic hydroxyl groups excluding tert-OH is 1. The number of anilines is 1. The lowest BCUT2D eigenvalue weighted by Gasteiger charge is -2.34. The molecular formula is C10H14BrN3O. The Labute approximate surface area is 97.5 Å². The average Bonchev–Trinajstić information content (AvgIpc) is 2.30. The van der Waals surface area contributed by atoms with Crippen LogP contribution in [-0.4, -0.2) is 34.3 Å². The summed E-state index contributed by atoms with van der Waals surface area (Å²) in [6, 6.07) is 0.180. The first kappa shape index (κ1) is 10.8. The molecule has 0 aromatic carbocycles. The molecule has 1 aromatic heterocycles. The van der Waals surface area contributed by atoms with Crippen molar-refractivity contribution in [3.63, 3.8) is 0 Å². The van der Waals surface area contributed by atoms with Gasteiger partial charge in [-0.3, -0.25) is 0 Å². The zero-order chi connectivity index (χ0) is 10.7. The molecule has 2 heterocycles. The number of nitrogens with zero attached hydrogens (tertiary/aromatic N) is 3. The lowest BCUT2D eigenvalue weighted by molar-refractivity contribution is 0.239. The molecule has 0 radical (unpaired) electrons. The molecule has 4 nitrogen and oxygen atoms in total. The Morgan fingerprint density at radius 1 is 1.40 bits per heavy atom. The molecule has 1 aromatic rings. The van der Waals surface area contributed by atoms with E-state index in [1.807, 2.05) is 0 Å². The number of rotatable bonds is 2. The van der Waals surface area contributed by atoms with E-state index in [-0.39, 0.29) is 12.6 Å². The van der Waals surface area contributed by atoms with Gasteiger partial charge in [0.25, 0.3) is 0 Å². The maximum absolute atomic E-state index is 9.27. The third-order valence-electron chi connectivity index (χ3n) is 2.70. The standard InChI is InChI=1S/C10H14BrN3O/c11-8-5-12-10(13-6-8)14-4-2-1-3-9(14)7-15/h5-6,9,15H,1-4,7H2. The van der Waals surface area contributed by atoms with Gasteiger partial charge in [0.05, 0.1) is 17.1 Å². The van der Waals surface area contributed by atoms with Gasteiger partial charge < -0.3 is 10.0 Å². The molecule has 0 bridgehead atoms. The van der Waals surface area contributed by atoms with E-state index in [9.17, 15) is 5.11 Å². The second-order valence-electron chi connectivity index (χ2n) is 3.73. The maximum atomic E-state index is 9.27. The summed E-state index contributed by atoms with van der Waals surface area (Å²) in [6.07, 6.45) is 6.83. The topological polar surface area (TPSA) is 49.2 Å². The van der Waals surface area contributed by atoms with Crippen LogP contribution in [0.15, 0.2) is 16.9 Å². The van der Waals surface area contributed by atoms with Gasteiger partial charge in [-0.25, -0.2) is 9.97 Å². The monoisotopic (exact) mass is 271 g/mol. The number of hydrogen-bond acceptors (Lipinski definition) is 4. The molecule has 1 fully saturated rings. The number of aromatic nitrogens is 2. The molecule has 1 unspecified atom stereocenters. The van der Waals surface area contributed by atoms with Gasteiger partial charge in [0, 0.05) is 18.9 Å². The molecule has 1 atom stereocenters. The Balaban J connectivity index is 2.16. The molecule has 1 N–H and O–H groups in total. The van der Waals surface area contributed by atoms with Crippen LogP contribution in [0.5, 0.6) is 0 Å². The summed E-state index contributed by atoms with van der Waals surface area (Å²) >= 11 is 3.31. The quantitative estimate of drug-likeness (QED) is 0.888. The fourth-order valence-electron chi connectivity index (χ4n) is 1.91. The summed E-state index contributed by atoms with van der Waals surface area (Å²) in [6.45, 7) is 1.12. The van der Waals surface area contributed by atoms with E-state index in [0.717, 1.165) is 29.8 Å². The number of piperidine rings is 1. The highest BCUT2D eigenvalue weighted by molar-refractivity contribution is 9.10. The Kier molecular flexibility index (Phi) is 3.53. The van der Waals surface area contributed by atoms with Crippen LogP contribution >= 0.6 is 15.9 Å². The predicted octanol–water partition coefficient (Wildman–Crippen LogP) is 1.59.